The third kappa shape index (κ3) is 5.69. The Hall–Kier alpha value is -4.22. The van der Waals surface area contributed by atoms with E-state index in [4.69, 9.17) is 14.2 Å². The Labute approximate surface area is 271 Å². The van der Waals surface area contributed by atoms with Crippen LogP contribution in [0.3, 0.4) is 0 Å². The van der Waals surface area contributed by atoms with Gasteiger partial charge in [-0.3, -0.25) is 9.36 Å². The molecule has 0 bridgehead atoms. The lowest BCUT2D eigenvalue weighted by Gasteiger charge is -2.24. The second kappa shape index (κ2) is 12.8. The van der Waals surface area contributed by atoms with Gasteiger partial charge >= 0.3 is 5.97 Å². The van der Waals surface area contributed by atoms with Crippen molar-refractivity contribution in [1.82, 2.24) is 4.57 Å². The van der Waals surface area contributed by atoms with Gasteiger partial charge in [0.1, 0.15) is 6.61 Å². The number of thiazole rings is 1. The van der Waals surface area contributed by atoms with Gasteiger partial charge in [0.05, 0.1) is 39.1 Å². The predicted octanol–water partition coefficient (Wildman–Crippen LogP) is 6.14. The van der Waals surface area contributed by atoms with Crippen molar-refractivity contribution in [2.45, 2.75) is 26.5 Å². The number of rotatable bonds is 8. The molecule has 0 spiro atoms. The van der Waals surface area contributed by atoms with Gasteiger partial charge in [0.15, 0.2) is 16.3 Å². The van der Waals surface area contributed by atoms with Crippen molar-refractivity contribution >= 4 is 56.7 Å². The highest BCUT2D eigenvalue weighted by molar-refractivity contribution is 14.1. The molecule has 6 rings (SSSR count). The zero-order valence-corrected chi connectivity index (χ0v) is 27.3. The average molecular weight is 717 g/mol. The van der Waals surface area contributed by atoms with Crippen LogP contribution in [-0.4, -0.2) is 24.3 Å². The largest absolute Gasteiger partial charge is 0.493 e. The van der Waals surface area contributed by atoms with Gasteiger partial charge in [0, 0.05) is 0 Å². The van der Waals surface area contributed by atoms with E-state index in [0.717, 1.165) is 31.0 Å². The highest BCUT2D eigenvalue weighted by Gasteiger charge is 2.33. The summed E-state index contributed by atoms with van der Waals surface area (Å²) >= 11 is 3.52. The van der Waals surface area contributed by atoms with E-state index in [-0.39, 0.29) is 12.2 Å². The van der Waals surface area contributed by atoms with E-state index in [2.05, 4.69) is 51.8 Å². The molecular weight excluding hydrogens is 687 g/mol. The quantitative estimate of drug-likeness (QED) is 0.143. The fraction of sp³-hybridized carbons (Fsp3) is 0.171. The van der Waals surface area contributed by atoms with Crippen LogP contribution in [0.1, 0.15) is 36.6 Å². The number of hydrogen-bond donors (Lipinski definition) is 0. The molecule has 0 radical (unpaired) electrons. The first-order valence-corrected chi connectivity index (χ1v) is 16.0. The van der Waals surface area contributed by atoms with Crippen LogP contribution in [0.15, 0.2) is 106 Å². The third-order valence-corrected chi connectivity index (χ3v) is 9.22. The highest BCUT2D eigenvalue weighted by atomic mass is 127. The zero-order valence-electron chi connectivity index (χ0n) is 24.4. The Morgan fingerprint density at radius 2 is 1.80 bits per heavy atom. The molecule has 0 aliphatic carbocycles. The Balaban J connectivity index is 1.39. The van der Waals surface area contributed by atoms with E-state index in [9.17, 15) is 9.59 Å². The van der Waals surface area contributed by atoms with Crippen molar-refractivity contribution in [2.24, 2.45) is 4.99 Å². The van der Waals surface area contributed by atoms with E-state index in [1.54, 1.807) is 25.5 Å². The summed E-state index contributed by atoms with van der Waals surface area (Å²) in [6.45, 7) is 4.15. The summed E-state index contributed by atoms with van der Waals surface area (Å²) in [5.74, 6) is 0.729. The molecule has 4 aromatic carbocycles. The minimum Gasteiger partial charge on any atom is -0.493 e. The normalized spacial score (nSPS) is 14.7. The number of esters is 1. The average Bonchev–Trinajstić information content (AvgIpc) is 3.33. The number of fused-ring (bicyclic) bond motifs is 2. The molecule has 0 saturated heterocycles. The molecule has 9 heteroatoms. The van der Waals surface area contributed by atoms with Crippen LogP contribution in [0.2, 0.25) is 0 Å². The van der Waals surface area contributed by atoms with Crippen LogP contribution in [0, 0.1) is 3.57 Å². The SMILES string of the molecule is CCOC(=O)C1=C(C)N=c2s/c(=C/c3cc(I)c(OCc4cccc5ccccc45)c(OC)c3)c(=O)n2C1c1ccccc1. The number of ether oxygens (including phenoxy) is 3. The van der Waals surface area contributed by atoms with Crippen molar-refractivity contribution < 1.29 is 19.0 Å². The van der Waals surface area contributed by atoms with E-state index in [0.29, 0.717) is 38.7 Å². The van der Waals surface area contributed by atoms with Crippen LogP contribution in [0.5, 0.6) is 11.5 Å². The van der Waals surface area contributed by atoms with Gasteiger partial charge in [-0.15, -0.1) is 0 Å². The minimum absolute atomic E-state index is 0.226. The molecule has 222 valence electrons. The molecule has 1 aromatic heterocycles. The first kappa shape index (κ1) is 29.8. The van der Waals surface area contributed by atoms with Gasteiger partial charge in [-0.1, -0.05) is 84.1 Å². The van der Waals surface area contributed by atoms with Gasteiger partial charge in [-0.05, 0) is 82.1 Å². The number of nitrogens with zero attached hydrogens (tertiary/aromatic N) is 2. The maximum absolute atomic E-state index is 14.0. The number of carbonyl (C=O) groups is 1. The maximum atomic E-state index is 14.0. The lowest BCUT2D eigenvalue weighted by atomic mass is 9.96. The van der Waals surface area contributed by atoms with Crippen molar-refractivity contribution in [3.05, 3.63) is 136 Å². The first-order chi connectivity index (χ1) is 21.4. The van der Waals surface area contributed by atoms with E-state index >= 15 is 0 Å². The molecule has 0 amide bonds. The topological polar surface area (TPSA) is 79.1 Å². The molecule has 1 atom stereocenters. The number of halogens is 1. The fourth-order valence-electron chi connectivity index (χ4n) is 5.43. The van der Waals surface area contributed by atoms with Gasteiger partial charge in [-0.25, -0.2) is 9.79 Å². The summed E-state index contributed by atoms with van der Waals surface area (Å²) in [4.78, 5) is 32.2. The van der Waals surface area contributed by atoms with Crippen molar-refractivity contribution in [1.29, 1.82) is 0 Å². The number of methoxy groups -OCH3 is 1. The predicted molar refractivity (Wildman–Crippen MR) is 181 cm³/mol. The molecule has 5 aromatic rings. The van der Waals surface area contributed by atoms with Crippen molar-refractivity contribution in [3.63, 3.8) is 0 Å². The zero-order chi connectivity index (χ0) is 30.8. The van der Waals surface area contributed by atoms with Gasteiger partial charge in [0.25, 0.3) is 5.56 Å². The molecule has 2 heterocycles. The monoisotopic (exact) mass is 716 g/mol. The van der Waals surface area contributed by atoms with Gasteiger partial charge in [-0.2, -0.15) is 0 Å². The molecule has 0 N–H and O–H groups in total. The Bertz CT molecular complexity index is 2090. The maximum Gasteiger partial charge on any atom is 0.338 e. The number of benzene rings is 4. The molecule has 0 fully saturated rings. The smallest absolute Gasteiger partial charge is 0.338 e. The highest BCUT2D eigenvalue weighted by Crippen LogP contribution is 2.35. The second-order valence-corrected chi connectivity index (χ2v) is 12.3. The van der Waals surface area contributed by atoms with Gasteiger partial charge < -0.3 is 14.2 Å². The van der Waals surface area contributed by atoms with Crippen LogP contribution >= 0.6 is 33.9 Å². The summed E-state index contributed by atoms with van der Waals surface area (Å²) in [6, 6.07) is 27.1. The van der Waals surface area contributed by atoms with E-state index in [1.165, 1.54) is 11.3 Å². The fourth-order valence-corrected chi connectivity index (χ4v) is 7.25. The number of carbonyl (C=O) groups excluding carboxylic acids is 1. The molecule has 1 aliphatic heterocycles. The van der Waals surface area contributed by atoms with E-state index in [1.807, 2.05) is 66.7 Å². The summed E-state index contributed by atoms with van der Waals surface area (Å²) in [5, 5.41) is 2.30. The lowest BCUT2D eigenvalue weighted by Crippen LogP contribution is -2.39. The van der Waals surface area contributed by atoms with Gasteiger partial charge in [0.2, 0.25) is 0 Å². The number of aromatic nitrogens is 1. The molecule has 44 heavy (non-hydrogen) atoms. The second-order valence-electron chi connectivity index (χ2n) is 10.2. The Morgan fingerprint density at radius 1 is 1.05 bits per heavy atom. The molecule has 1 unspecified atom stereocenters. The molecule has 7 nitrogen and oxygen atoms in total. The minimum atomic E-state index is -0.645. The standard InChI is InChI=1S/C35H29IN2O5S/c1-4-42-34(40)30-21(2)37-35-38(31(30)24-12-6-5-7-13-24)33(39)29(44-35)19-22-17-27(36)32(28(18-22)41-3)43-20-25-15-10-14-23-11-8-9-16-26(23)25/h5-19,31H,4,20H2,1-3H3/b29-19+. The number of allylic oxidation sites excluding steroid dienone is 1. The number of hydrogen-bond acceptors (Lipinski definition) is 7. The molecular formula is C35H29IN2O5S. The summed E-state index contributed by atoms with van der Waals surface area (Å²) < 4.78 is 20.4. The lowest BCUT2D eigenvalue weighted by molar-refractivity contribution is -0.139. The Kier molecular flexibility index (Phi) is 8.67. The summed E-state index contributed by atoms with van der Waals surface area (Å²) in [5.41, 5.74) is 3.33. The molecule has 0 saturated carbocycles. The van der Waals surface area contributed by atoms with Crippen LogP contribution in [0.25, 0.3) is 16.8 Å². The molecule has 1 aliphatic rings. The third-order valence-electron chi connectivity index (χ3n) is 7.43. The van der Waals surface area contributed by atoms with Crippen LogP contribution in [0.4, 0.5) is 0 Å². The Morgan fingerprint density at radius 3 is 2.57 bits per heavy atom. The van der Waals surface area contributed by atoms with Crippen molar-refractivity contribution in [3.8, 4) is 11.5 Å². The van der Waals surface area contributed by atoms with Crippen molar-refractivity contribution in [2.75, 3.05) is 13.7 Å². The first-order valence-electron chi connectivity index (χ1n) is 14.1. The summed E-state index contributed by atoms with van der Waals surface area (Å²) in [7, 11) is 1.60. The van der Waals surface area contributed by atoms with Crippen LogP contribution < -0.4 is 24.4 Å². The van der Waals surface area contributed by atoms with E-state index < -0.39 is 12.0 Å². The van der Waals surface area contributed by atoms with Crippen LogP contribution in [-0.2, 0) is 16.1 Å². The summed E-state index contributed by atoms with van der Waals surface area (Å²) in [6.07, 6.45) is 1.83.